The fraction of sp³-hybridized carbons (Fsp3) is 0.269. The van der Waals surface area contributed by atoms with E-state index in [0.717, 1.165) is 0 Å². The van der Waals surface area contributed by atoms with Gasteiger partial charge in [-0.1, -0.05) is 12.1 Å². The molecule has 0 spiro atoms. The number of nitrogens with zero attached hydrogens (tertiary/aromatic N) is 1. The fourth-order valence-electron chi connectivity index (χ4n) is 4.04. The first-order valence-corrected chi connectivity index (χ1v) is 12.0. The van der Waals surface area contributed by atoms with E-state index in [1.807, 2.05) is 6.07 Å². The van der Waals surface area contributed by atoms with Crippen LogP contribution < -0.4 is 16.0 Å². The van der Waals surface area contributed by atoms with Gasteiger partial charge in [-0.25, -0.2) is 9.59 Å². The molecule has 1 aliphatic heterocycles. The maximum atomic E-state index is 13.0. The molecular formula is C26H28N4O6S. The predicted molar refractivity (Wildman–Crippen MR) is 144 cm³/mol. The van der Waals surface area contributed by atoms with E-state index < -0.39 is 22.8 Å². The Bertz CT molecular complexity index is 1250. The van der Waals surface area contributed by atoms with E-state index >= 15 is 0 Å². The molecule has 0 bridgehead atoms. The van der Waals surface area contributed by atoms with Crippen LogP contribution in [0, 0.1) is 10.1 Å². The van der Waals surface area contributed by atoms with Crippen LogP contribution in [0.5, 0.6) is 0 Å². The first-order chi connectivity index (χ1) is 17.7. The van der Waals surface area contributed by atoms with Crippen LogP contribution >= 0.6 is 12.2 Å². The van der Waals surface area contributed by atoms with Gasteiger partial charge in [-0.3, -0.25) is 10.1 Å². The molecule has 0 saturated carbocycles. The lowest BCUT2D eigenvalue weighted by atomic mass is 9.80. The zero-order chi connectivity index (χ0) is 27.1. The van der Waals surface area contributed by atoms with E-state index in [1.54, 1.807) is 58.0 Å². The highest BCUT2D eigenvalue weighted by Gasteiger charge is 2.38. The molecule has 0 fully saturated rings. The minimum Gasteiger partial charge on any atom is -0.463 e. The molecule has 0 atom stereocenters. The summed E-state index contributed by atoms with van der Waals surface area (Å²) in [5.41, 5.74) is 3.63. The van der Waals surface area contributed by atoms with Crippen LogP contribution in [0.25, 0.3) is 0 Å². The van der Waals surface area contributed by atoms with E-state index in [4.69, 9.17) is 21.7 Å². The van der Waals surface area contributed by atoms with Crippen LogP contribution in [-0.4, -0.2) is 35.2 Å². The zero-order valence-corrected chi connectivity index (χ0v) is 21.7. The third kappa shape index (κ3) is 6.50. The predicted octanol–water partition coefficient (Wildman–Crippen LogP) is 4.76. The molecule has 10 nitrogen and oxygen atoms in total. The molecule has 0 radical (unpaired) electrons. The van der Waals surface area contributed by atoms with Crippen molar-refractivity contribution in [1.29, 1.82) is 0 Å². The second kappa shape index (κ2) is 12.1. The number of nitro benzene ring substituents is 1. The van der Waals surface area contributed by atoms with Gasteiger partial charge in [0.1, 0.15) is 0 Å². The largest absolute Gasteiger partial charge is 0.463 e. The van der Waals surface area contributed by atoms with Gasteiger partial charge >= 0.3 is 11.9 Å². The lowest BCUT2D eigenvalue weighted by Crippen LogP contribution is -2.32. The van der Waals surface area contributed by atoms with Crippen LogP contribution in [-0.2, 0) is 19.1 Å². The van der Waals surface area contributed by atoms with Gasteiger partial charge in [0.25, 0.3) is 5.69 Å². The Morgan fingerprint density at radius 3 is 2.00 bits per heavy atom. The molecule has 1 aliphatic rings. The molecule has 0 aliphatic carbocycles. The Labute approximate surface area is 219 Å². The van der Waals surface area contributed by atoms with Crippen molar-refractivity contribution in [3.05, 3.63) is 86.7 Å². The summed E-state index contributed by atoms with van der Waals surface area (Å²) in [6, 6.07) is 13.0. The minimum atomic E-state index is -0.725. The van der Waals surface area contributed by atoms with Gasteiger partial charge in [0.2, 0.25) is 0 Å². The molecule has 3 rings (SSSR count). The monoisotopic (exact) mass is 524 g/mol. The van der Waals surface area contributed by atoms with Crippen LogP contribution in [0.3, 0.4) is 0 Å². The van der Waals surface area contributed by atoms with Crippen molar-refractivity contribution in [3.63, 3.8) is 0 Å². The lowest BCUT2D eigenvalue weighted by Gasteiger charge is -2.30. The number of ether oxygens (including phenoxy) is 2. The van der Waals surface area contributed by atoms with Gasteiger partial charge in [0, 0.05) is 34.9 Å². The summed E-state index contributed by atoms with van der Waals surface area (Å²) in [5.74, 6) is -1.78. The number of allylic oxidation sites excluding steroid dienone is 2. The standard InChI is InChI=1S/C26H28N4O6S/c1-5-35-24(31)21-15(3)27-16(4)22(25(32)36-6-2)23(21)17-8-7-9-19(14-17)29-26(37)28-18-10-12-20(13-11-18)30(33)34/h7-14,23,27H,5-6H2,1-4H3,(H2,28,29,37). The lowest BCUT2D eigenvalue weighted by molar-refractivity contribution is -0.384. The maximum Gasteiger partial charge on any atom is 0.336 e. The smallest absolute Gasteiger partial charge is 0.336 e. The Balaban J connectivity index is 1.93. The average Bonchev–Trinajstić information content (AvgIpc) is 2.84. The molecule has 0 unspecified atom stereocenters. The number of rotatable bonds is 8. The van der Waals surface area contributed by atoms with Crippen molar-refractivity contribution >= 4 is 46.3 Å². The highest BCUT2D eigenvalue weighted by Crippen LogP contribution is 2.40. The Morgan fingerprint density at radius 2 is 1.49 bits per heavy atom. The second-order valence-corrected chi connectivity index (χ2v) is 8.49. The van der Waals surface area contributed by atoms with E-state index in [-0.39, 0.29) is 24.0 Å². The first kappa shape index (κ1) is 27.3. The Morgan fingerprint density at radius 1 is 0.946 bits per heavy atom. The molecule has 0 saturated heterocycles. The SMILES string of the molecule is CCOC(=O)C1=C(C)NC(C)=C(C(=O)OCC)C1c1cccc(NC(=S)Nc2ccc([N+](=O)[O-])cc2)c1. The van der Waals surface area contributed by atoms with Gasteiger partial charge < -0.3 is 25.4 Å². The van der Waals surface area contributed by atoms with E-state index in [9.17, 15) is 19.7 Å². The summed E-state index contributed by atoms with van der Waals surface area (Å²) in [7, 11) is 0. The number of nitro groups is 1. The summed E-state index contributed by atoms with van der Waals surface area (Å²) < 4.78 is 10.6. The van der Waals surface area contributed by atoms with Crippen molar-refractivity contribution in [3.8, 4) is 0 Å². The molecule has 3 N–H and O–H groups in total. The van der Waals surface area contributed by atoms with Gasteiger partial charge in [-0.15, -0.1) is 0 Å². The van der Waals surface area contributed by atoms with Gasteiger partial charge in [0.05, 0.1) is 35.2 Å². The number of carbonyl (C=O) groups is 2. The van der Waals surface area contributed by atoms with Crippen LogP contribution in [0.2, 0.25) is 0 Å². The molecule has 37 heavy (non-hydrogen) atoms. The van der Waals surface area contributed by atoms with E-state index in [0.29, 0.717) is 39.5 Å². The van der Waals surface area contributed by atoms with Crippen LogP contribution in [0.1, 0.15) is 39.2 Å². The first-order valence-electron chi connectivity index (χ1n) is 11.6. The topological polar surface area (TPSA) is 132 Å². The van der Waals surface area contributed by atoms with E-state index in [1.165, 1.54) is 12.1 Å². The van der Waals surface area contributed by atoms with Crippen molar-refractivity contribution in [2.75, 3.05) is 23.8 Å². The highest BCUT2D eigenvalue weighted by atomic mass is 32.1. The molecular weight excluding hydrogens is 496 g/mol. The molecule has 0 aromatic heterocycles. The van der Waals surface area contributed by atoms with Crippen molar-refractivity contribution in [2.45, 2.75) is 33.6 Å². The Hall–Kier alpha value is -4.25. The summed E-state index contributed by atoms with van der Waals surface area (Å²) in [6.45, 7) is 7.33. The van der Waals surface area contributed by atoms with Gasteiger partial charge in [-0.2, -0.15) is 0 Å². The van der Waals surface area contributed by atoms with Crippen molar-refractivity contribution < 1.29 is 24.0 Å². The number of dihydropyridines is 1. The number of carbonyl (C=O) groups excluding carboxylic acids is 2. The number of thiocarbonyl (C=S) groups is 1. The zero-order valence-electron chi connectivity index (χ0n) is 20.9. The second-order valence-electron chi connectivity index (χ2n) is 8.08. The highest BCUT2D eigenvalue weighted by molar-refractivity contribution is 7.80. The number of benzene rings is 2. The molecule has 11 heteroatoms. The van der Waals surface area contributed by atoms with Gasteiger partial charge in [-0.05, 0) is 69.7 Å². The fourth-order valence-corrected chi connectivity index (χ4v) is 4.28. The minimum absolute atomic E-state index is 0.0272. The molecule has 1 heterocycles. The normalized spacial score (nSPS) is 13.5. The van der Waals surface area contributed by atoms with Crippen LogP contribution in [0.15, 0.2) is 71.1 Å². The van der Waals surface area contributed by atoms with Crippen molar-refractivity contribution in [1.82, 2.24) is 5.32 Å². The Kier molecular flexibility index (Phi) is 8.96. The third-order valence-corrected chi connectivity index (χ3v) is 5.77. The number of anilines is 2. The molecule has 2 aromatic carbocycles. The summed E-state index contributed by atoms with van der Waals surface area (Å²) in [6.07, 6.45) is 0. The third-order valence-electron chi connectivity index (χ3n) is 5.56. The summed E-state index contributed by atoms with van der Waals surface area (Å²) in [5, 5.41) is 20.3. The maximum absolute atomic E-state index is 13.0. The van der Waals surface area contributed by atoms with Gasteiger partial charge in [0.15, 0.2) is 5.11 Å². The summed E-state index contributed by atoms with van der Waals surface area (Å²) >= 11 is 5.41. The number of hydrogen-bond donors (Lipinski definition) is 3. The number of hydrogen-bond acceptors (Lipinski definition) is 8. The quantitative estimate of drug-likeness (QED) is 0.192. The van der Waals surface area contributed by atoms with Crippen LogP contribution in [0.4, 0.5) is 17.1 Å². The number of esters is 2. The van der Waals surface area contributed by atoms with Crippen molar-refractivity contribution in [2.24, 2.45) is 0 Å². The number of non-ortho nitro benzene ring substituents is 1. The number of nitrogens with one attached hydrogen (secondary N) is 3. The molecule has 0 amide bonds. The van der Waals surface area contributed by atoms with E-state index in [2.05, 4.69) is 16.0 Å². The molecule has 2 aromatic rings. The summed E-state index contributed by atoms with van der Waals surface area (Å²) in [4.78, 5) is 36.3. The molecule has 194 valence electrons. The average molecular weight is 525 g/mol.